The molecule has 2 aliphatic heterocycles. The Kier molecular flexibility index (Phi) is 5.12. The Bertz CT molecular complexity index is 798. The monoisotopic (exact) mass is 368 g/mol. The van der Waals surface area contributed by atoms with Gasteiger partial charge >= 0.3 is 6.09 Å². The van der Waals surface area contributed by atoms with Crippen LogP contribution in [0.25, 0.3) is 0 Å². The third-order valence-electron chi connectivity index (χ3n) is 5.60. The normalized spacial score (nSPS) is 23.4. The van der Waals surface area contributed by atoms with Gasteiger partial charge in [-0.2, -0.15) is 0 Å². The highest BCUT2D eigenvalue weighted by Crippen LogP contribution is 2.34. The van der Waals surface area contributed by atoms with E-state index in [1.165, 1.54) is 6.07 Å². The summed E-state index contributed by atoms with van der Waals surface area (Å²) >= 11 is 0. The molecule has 0 radical (unpaired) electrons. The van der Waals surface area contributed by atoms with Gasteiger partial charge in [0, 0.05) is 31.6 Å². The summed E-state index contributed by atoms with van der Waals surface area (Å²) < 4.78 is 19.8. The van der Waals surface area contributed by atoms with Gasteiger partial charge in [-0.25, -0.2) is 9.18 Å². The second-order valence-electron chi connectivity index (χ2n) is 7.61. The number of amides is 1. The van der Waals surface area contributed by atoms with Crippen molar-refractivity contribution in [1.82, 2.24) is 9.80 Å². The van der Waals surface area contributed by atoms with Gasteiger partial charge in [-0.05, 0) is 31.0 Å². The quantitative estimate of drug-likeness (QED) is 0.811. The Hall–Kier alpha value is -2.40. The van der Waals surface area contributed by atoms with Crippen LogP contribution in [0.3, 0.4) is 0 Å². The van der Waals surface area contributed by atoms with E-state index >= 15 is 0 Å². The number of likely N-dealkylation sites (tertiary alicyclic amines) is 1. The molecule has 0 aromatic heterocycles. The number of ether oxygens (including phenoxy) is 1. The number of rotatable bonds is 4. The summed E-state index contributed by atoms with van der Waals surface area (Å²) in [5.74, 6) is -0.155. The zero-order chi connectivity index (χ0) is 18.7. The Morgan fingerprint density at radius 1 is 0.963 bits per heavy atom. The Labute approximate surface area is 159 Å². The minimum absolute atomic E-state index is 0.155. The second kappa shape index (κ2) is 7.69. The van der Waals surface area contributed by atoms with Crippen molar-refractivity contribution in [2.24, 2.45) is 0 Å². The summed E-state index contributed by atoms with van der Waals surface area (Å²) in [5, 5.41) is 0. The lowest BCUT2D eigenvalue weighted by Gasteiger charge is -2.25. The molecule has 142 valence electrons. The van der Waals surface area contributed by atoms with Gasteiger partial charge < -0.3 is 4.74 Å². The molecule has 1 amide bonds. The van der Waals surface area contributed by atoms with Crippen molar-refractivity contribution in [3.05, 3.63) is 71.5 Å². The van der Waals surface area contributed by atoms with Crippen molar-refractivity contribution in [2.45, 2.75) is 38.0 Å². The first-order valence-electron chi connectivity index (χ1n) is 9.61. The number of hydrogen-bond donors (Lipinski definition) is 0. The molecular formula is C22H25FN2O2. The number of nitrogens with zero attached hydrogens (tertiary/aromatic N) is 2. The second-order valence-corrected chi connectivity index (χ2v) is 7.61. The number of hydrogen-bond acceptors (Lipinski definition) is 3. The predicted molar refractivity (Wildman–Crippen MR) is 102 cm³/mol. The van der Waals surface area contributed by atoms with E-state index in [9.17, 15) is 9.18 Å². The van der Waals surface area contributed by atoms with Crippen LogP contribution in [0.15, 0.2) is 54.6 Å². The summed E-state index contributed by atoms with van der Waals surface area (Å²) in [5.41, 5.74) is 1.43. The summed E-state index contributed by atoms with van der Waals surface area (Å²) in [6, 6.07) is 16.9. The molecule has 2 aromatic carbocycles. The van der Waals surface area contributed by atoms with Crippen molar-refractivity contribution < 1.29 is 13.9 Å². The zero-order valence-electron chi connectivity index (χ0n) is 15.4. The van der Waals surface area contributed by atoms with Crippen molar-refractivity contribution in [2.75, 3.05) is 19.6 Å². The maximum Gasteiger partial charge on any atom is 0.410 e. The first-order chi connectivity index (χ1) is 13.1. The first kappa shape index (κ1) is 18.0. The van der Waals surface area contributed by atoms with Crippen LogP contribution in [0.4, 0.5) is 9.18 Å². The predicted octanol–water partition coefficient (Wildman–Crippen LogP) is 4.20. The van der Waals surface area contributed by atoms with Gasteiger partial charge in [0.1, 0.15) is 11.4 Å². The molecule has 27 heavy (non-hydrogen) atoms. The first-order valence-corrected chi connectivity index (χ1v) is 9.61. The third-order valence-corrected chi connectivity index (χ3v) is 5.60. The summed E-state index contributed by atoms with van der Waals surface area (Å²) in [4.78, 5) is 16.5. The minimum atomic E-state index is -0.407. The van der Waals surface area contributed by atoms with Crippen LogP contribution < -0.4 is 0 Å². The van der Waals surface area contributed by atoms with Crippen LogP contribution >= 0.6 is 0 Å². The van der Waals surface area contributed by atoms with Crippen LogP contribution in [0.1, 0.15) is 30.4 Å². The van der Waals surface area contributed by atoms with Crippen molar-refractivity contribution in [3.63, 3.8) is 0 Å². The van der Waals surface area contributed by atoms with Crippen LogP contribution in [-0.4, -0.2) is 41.1 Å². The average Bonchev–Trinajstić information content (AvgIpc) is 2.84. The Morgan fingerprint density at radius 2 is 1.74 bits per heavy atom. The highest BCUT2D eigenvalue weighted by Gasteiger charge is 2.45. The molecule has 0 N–H and O–H groups in total. The molecule has 2 saturated heterocycles. The van der Waals surface area contributed by atoms with Gasteiger partial charge in [0.25, 0.3) is 0 Å². The molecule has 0 unspecified atom stereocenters. The standard InChI is InChI=1S/C22H25FN2O2/c23-20-10-5-4-9-19(20)16-24-13-6-11-22(12-14-24)17-25(21(26)27-22)15-18-7-2-1-3-8-18/h1-5,7-10H,6,11-17H2/t22-/m0/s1. The van der Waals surface area contributed by atoms with Gasteiger partial charge in [-0.3, -0.25) is 9.80 Å². The van der Waals surface area contributed by atoms with Crippen LogP contribution in [0, 0.1) is 5.82 Å². The summed E-state index contributed by atoms with van der Waals surface area (Å²) in [7, 11) is 0. The van der Waals surface area contributed by atoms with Gasteiger partial charge in [0.05, 0.1) is 6.54 Å². The van der Waals surface area contributed by atoms with Gasteiger partial charge in [0.2, 0.25) is 0 Å². The molecule has 0 aliphatic carbocycles. The van der Waals surface area contributed by atoms with Crippen LogP contribution in [-0.2, 0) is 17.8 Å². The topological polar surface area (TPSA) is 32.8 Å². The summed E-state index contributed by atoms with van der Waals surface area (Å²) in [6.45, 7) is 3.52. The lowest BCUT2D eigenvalue weighted by Crippen LogP contribution is -2.35. The molecule has 2 aliphatic rings. The SMILES string of the molecule is O=C1O[C@]2(CCCN(Cc3ccccc3F)CC2)CN1Cc1ccccc1. The molecule has 5 heteroatoms. The van der Waals surface area contributed by atoms with Crippen LogP contribution in [0.5, 0.6) is 0 Å². The molecule has 0 bridgehead atoms. The Balaban J connectivity index is 1.39. The van der Waals surface area contributed by atoms with Crippen molar-refractivity contribution >= 4 is 6.09 Å². The molecule has 4 nitrogen and oxygen atoms in total. The Morgan fingerprint density at radius 3 is 2.56 bits per heavy atom. The fourth-order valence-corrected chi connectivity index (χ4v) is 4.13. The van der Waals surface area contributed by atoms with E-state index in [1.54, 1.807) is 6.07 Å². The fourth-order valence-electron chi connectivity index (χ4n) is 4.13. The molecule has 2 fully saturated rings. The maximum absolute atomic E-state index is 13.9. The van der Waals surface area contributed by atoms with E-state index < -0.39 is 5.60 Å². The number of carbonyl (C=O) groups is 1. The van der Waals surface area contributed by atoms with Gasteiger partial charge in [0.15, 0.2) is 0 Å². The van der Waals surface area contributed by atoms with E-state index in [-0.39, 0.29) is 11.9 Å². The highest BCUT2D eigenvalue weighted by molar-refractivity contribution is 5.70. The molecule has 4 rings (SSSR count). The maximum atomic E-state index is 13.9. The molecule has 2 aromatic rings. The average molecular weight is 368 g/mol. The third kappa shape index (κ3) is 4.14. The van der Waals surface area contributed by atoms with Gasteiger partial charge in [-0.1, -0.05) is 48.5 Å². The molecule has 1 atom stereocenters. The lowest BCUT2D eigenvalue weighted by atomic mass is 9.95. The fraction of sp³-hybridized carbons (Fsp3) is 0.409. The zero-order valence-corrected chi connectivity index (χ0v) is 15.4. The van der Waals surface area contributed by atoms with E-state index in [0.717, 1.165) is 43.5 Å². The smallest absolute Gasteiger partial charge is 0.410 e. The number of halogens is 1. The summed E-state index contributed by atoms with van der Waals surface area (Å²) in [6.07, 6.45) is 2.37. The molecule has 2 heterocycles. The molecule has 1 spiro atoms. The van der Waals surface area contributed by atoms with E-state index in [1.807, 2.05) is 47.4 Å². The van der Waals surface area contributed by atoms with Crippen LogP contribution in [0.2, 0.25) is 0 Å². The van der Waals surface area contributed by atoms with Crippen molar-refractivity contribution in [1.29, 1.82) is 0 Å². The minimum Gasteiger partial charge on any atom is -0.441 e. The highest BCUT2D eigenvalue weighted by atomic mass is 19.1. The van der Waals surface area contributed by atoms with E-state index in [2.05, 4.69) is 4.90 Å². The lowest BCUT2D eigenvalue weighted by molar-refractivity contribution is 0.0443. The molecular weight excluding hydrogens is 343 g/mol. The molecule has 0 saturated carbocycles. The van der Waals surface area contributed by atoms with E-state index in [4.69, 9.17) is 4.74 Å². The van der Waals surface area contributed by atoms with Gasteiger partial charge in [-0.15, -0.1) is 0 Å². The number of benzene rings is 2. The number of carbonyl (C=O) groups excluding carboxylic acids is 1. The van der Waals surface area contributed by atoms with Crippen molar-refractivity contribution in [3.8, 4) is 0 Å². The van der Waals surface area contributed by atoms with E-state index in [0.29, 0.717) is 19.6 Å². The largest absolute Gasteiger partial charge is 0.441 e.